The van der Waals surface area contributed by atoms with Crippen molar-refractivity contribution < 1.29 is 0 Å². The summed E-state index contributed by atoms with van der Waals surface area (Å²) < 4.78 is 0. The molecule has 3 heteroatoms. The lowest BCUT2D eigenvalue weighted by Gasteiger charge is -2.22. The summed E-state index contributed by atoms with van der Waals surface area (Å²) in [5.74, 6) is 0.769. The van der Waals surface area contributed by atoms with E-state index in [9.17, 15) is 0 Å². The van der Waals surface area contributed by atoms with Gasteiger partial charge in [-0.15, -0.1) is 0 Å². The van der Waals surface area contributed by atoms with Gasteiger partial charge in [0.05, 0.1) is 0 Å². The van der Waals surface area contributed by atoms with E-state index in [2.05, 4.69) is 37.9 Å². The van der Waals surface area contributed by atoms with E-state index >= 15 is 0 Å². The Labute approximate surface area is 89.2 Å². The predicted molar refractivity (Wildman–Crippen MR) is 63.5 cm³/mol. The lowest BCUT2D eigenvalue weighted by molar-refractivity contribution is 0.246. The van der Waals surface area contributed by atoms with Crippen LogP contribution < -0.4 is 5.73 Å². The minimum atomic E-state index is 0.769. The number of hydrogen-bond donors (Lipinski definition) is 1. The van der Waals surface area contributed by atoms with Gasteiger partial charge < -0.3 is 15.5 Å². The zero-order valence-electron chi connectivity index (χ0n) is 10.3. The second-order valence-electron chi connectivity index (χ2n) is 4.60. The van der Waals surface area contributed by atoms with E-state index in [0.717, 1.165) is 32.0 Å². The Bertz CT molecular complexity index is 126. The molecule has 0 aromatic carbocycles. The minimum absolute atomic E-state index is 0.769. The Morgan fingerprint density at radius 2 is 1.79 bits per heavy atom. The summed E-state index contributed by atoms with van der Waals surface area (Å²) in [5.41, 5.74) is 5.49. The molecule has 0 radical (unpaired) electrons. The minimum Gasteiger partial charge on any atom is -0.330 e. The molecule has 0 fully saturated rings. The van der Waals surface area contributed by atoms with Crippen molar-refractivity contribution in [2.75, 3.05) is 47.3 Å². The van der Waals surface area contributed by atoms with Crippen LogP contribution in [0, 0.1) is 5.92 Å². The van der Waals surface area contributed by atoms with Crippen LogP contribution in [-0.4, -0.2) is 57.1 Å². The van der Waals surface area contributed by atoms with Crippen molar-refractivity contribution in [2.24, 2.45) is 11.7 Å². The van der Waals surface area contributed by atoms with Gasteiger partial charge in [-0.1, -0.05) is 6.92 Å². The lowest BCUT2D eigenvalue weighted by Crippen LogP contribution is -2.31. The van der Waals surface area contributed by atoms with Crippen molar-refractivity contribution in [3.63, 3.8) is 0 Å². The van der Waals surface area contributed by atoms with Crippen LogP contribution in [0.4, 0.5) is 0 Å². The van der Waals surface area contributed by atoms with E-state index in [1.807, 2.05) is 0 Å². The quantitative estimate of drug-likeness (QED) is 0.632. The van der Waals surface area contributed by atoms with Gasteiger partial charge >= 0.3 is 0 Å². The van der Waals surface area contributed by atoms with Gasteiger partial charge in [-0.05, 0) is 46.4 Å². The molecule has 0 amide bonds. The van der Waals surface area contributed by atoms with E-state index in [0.29, 0.717) is 0 Å². The summed E-state index contributed by atoms with van der Waals surface area (Å²) in [6.45, 7) is 6.61. The highest BCUT2D eigenvalue weighted by Crippen LogP contribution is 2.05. The van der Waals surface area contributed by atoms with Crippen molar-refractivity contribution in [3.8, 4) is 0 Å². The maximum atomic E-state index is 5.49. The van der Waals surface area contributed by atoms with Gasteiger partial charge in [0.25, 0.3) is 0 Å². The largest absolute Gasteiger partial charge is 0.330 e. The van der Waals surface area contributed by atoms with Crippen LogP contribution in [0.2, 0.25) is 0 Å². The molecule has 1 unspecified atom stereocenters. The van der Waals surface area contributed by atoms with Crippen molar-refractivity contribution in [1.82, 2.24) is 9.80 Å². The monoisotopic (exact) mass is 201 g/mol. The lowest BCUT2D eigenvalue weighted by atomic mass is 10.1. The van der Waals surface area contributed by atoms with Crippen LogP contribution in [0.5, 0.6) is 0 Å². The van der Waals surface area contributed by atoms with Crippen LogP contribution in [-0.2, 0) is 0 Å². The molecule has 0 aliphatic rings. The maximum absolute atomic E-state index is 5.49. The first-order valence-electron chi connectivity index (χ1n) is 5.59. The molecule has 14 heavy (non-hydrogen) atoms. The standard InChI is InChI=1S/C11H27N3/c1-11(6-5-7-12)10-14(4)9-8-13(2)3/h11H,5-10,12H2,1-4H3. The third-order valence-corrected chi connectivity index (χ3v) is 2.45. The Morgan fingerprint density at radius 1 is 1.14 bits per heavy atom. The topological polar surface area (TPSA) is 32.5 Å². The second kappa shape index (κ2) is 8.21. The normalized spacial score (nSPS) is 13.9. The van der Waals surface area contributed by atoms with Crippen LogP contribution in [0.3, 0.4) is 0 Å². The van der Waals surface area contributed by atoms with Crippen LogP contribution in [0.25, 0.3) is 0 Å². The van der Waals surface area contributed by atoms with Crippen LogP contribution in [0.15, 0.2) is 0 Å². The number of nitrogens with zero attached hydrogens (tertiary/aromatic N) is 2. The number of rotatable bonds is 8. The van der Waals surface area contributed by atoms with Crippen LogP contribution >= 0.6 is 0 Å². The SMILES string of the molecule is CC(CCCN)CN(C)CCN(C)C. The fourth-order valence-corrected chi connectivity index (χ4v) is 1.55. The zero-order chi connectivity index (χ0) is 11.0. The van der Waals surface area contributed by atoms with Gasteiger partial charge in [0.2, 0.25) is 0 Å². The van der Waals surface area contributed by atoms with Gasteiger partial charge in [0.15, 0.2) is 0 Å². The zero-order valence-corrected chi connectivity index (χ0v) is 10.3. The fourth-order valence-electron chi connectivity index (χ4n) is 1.55. The molecular formula is C11H27N3. The average Bonchev–Trinajstić information content (AvgIpc) is 2.11. The van der Waals surface area contributed by atoms with Crippen molar-refractivity contribution in [2.45, 2.75) is 19.8 Å². The highest BCUT2D eigenvalue weighted by atomic mass is 15.1. The molecule has 0 aromatic rings. The number of hydrogen-bond acceptors (Lipinski definition) is 3. The van der Waals surface area contributed by atoms with E-state index in [4.69, 9.17) is 5.73 Å². The first-order valence-corrected chi connectivity index (χ1v) is 5.59. The van der Waals surface area contributed by atoms with E-state index in [-0.39, 0.29) is 0 Å². The van der Waals surface area contributed by atoms with Gasteiger partial charge in [0.1, 0.15) is 0 Å². The molecule has 0 saturated carbocycles. The number of nitrogens with two attached hydrogens (primary N) is 1. The molecule has 0 aliphatic carbocycles. The fraction of sp³-hybridized carbons (Fsp3) is 1.00. The molecule has 0 aliphatic heterocycles. The summed E-state index contributed by atoms with van der Waals surface area (Å²) in [7, 11) is 6.43. The summed E-state index contributed by atoms with van der Waals surface area (Å²) in [6, 6.07) is 0. The van der Waals surface area contributed by atoms with Crippen molar-refractivity contribution in [3.05, 3.63) is 0 Å². The Morgan fingerprint density at radius 3 is 2.29 bits per heavy atom. The summed E-state index contributed by atoms with van der Waals surface area (Å²) in [6.07, 6.45) is 2.41. The third-order valence-electron chi connectivity index (χ3n) is 2.45. The molecule has 0 bridgehead atoms. The molecule has 3 nitrogen and oxygen atoms in total. The highest BCUT2D eigenvalue weighted by Gasteiger charge is 2.05. The number of likely N-dealkylation sites (N-methyl/N-ethyl adjacent to an activating group) is 2. The third kappa shape index (κ3) is 8.48. The van der Waals surface area contributed by atoms with E-state index in [1.54, 1.807) is 0 Å². The molecule has 0 saturated heterocycles. The van der Waals surface area contributed by atoms with Gasteiger partial charge in [-0.2, -0.15) is 0 Å². The first kappa shape index (κ1) is 13.9. The first-order chi connectivity index (χ1) is 6.56. The van der Waals surface area contributed by atoms with Gasteiger partial charge in [-0.25, -0.2) is 0 Å². The molecule has 0 heterocycles. The predicted octanol–water partition coefficient (Wildman–Crippen LogP) is 0.855. The molecular weight excluding hydrogens is 174 g/mol. The van der Waals surface area contributed by atoms with Gasteiger partial charge in [-0.3, -0.25) is 0 Å². The molecule has 86 valence electrons. The smallest absolute Gasteiger partial charge is 0.0106 e. The summed E-state index contributed by atoms with van der Waals surface area (Å²) in [4.78, 5) is 4.63. The highest BCUT2D eigenvalue weighted by molar-refractivity contribution is 4.60. The van der Waals surface area contributed by atoms with E-state index < -0.39 is 0 Å². The van der Waals surface area contributed by atoms with Crippen molar-refractivity contribution in [1.29, 1.82) is 0 Å². The van der Waals surface area contributed by atoms with Crippen LogP contribution in [0.1, 0.15) is 19.8 Å². The molecule has 1 atom stereocenters. The maximum Gasteiger partial charge on any atom is 0.0106 e. The van der Waals surface area contributed by atoms with Gasteiger partial charge in [0, 0.05) is 19.6 Å². The summed E-state index contributed by atoms with van der Waals surface area (Å²) >= 11 is 0. The van der Waals surface area contributed by atoms with E-state index in [1.165, 1.54) is 13.0 Å². The Hall–Kier alpha value is -0.120. The van der Waals surface area contributed by atoms with Crippen molar-refractivity contribution >= 4 is 0 Å². The average molecular weight is 201 g/mol. The molecule has 0 spiro atoms. The Kier molecular flexibility index (Phi) is 8.14. The Balaban J connectivity index is 3.44. The molecule has 0 aromatic heterocycles. The molecule has 0 rings (SSSR count). The second-order valence-corrected chi connectivity index (χ2v) is 4.60. The summed E-state index contributed by atoms with van der Waals surface area (Å²) in [5, 5.41) is 0. The molecule has 2 N–H and O–H groups in total.